The summed E-state index contributed by atoms with van der Waals surface area (Å²) >= 11 is 0. The van der Waals surface area contributed by atoms with Gasteiger partial charge in [0.15, 0.2) is 0 Å². The molecule has 0 aliphatic carbocycles. The Kier molecular flexibility index (Phi) is 4.04. The number of rotatable bonds is 4. The van der Waals surface area contributed by atoms with Gasteiger partial charge in [-0.2, -0.15) is 0 Å². The zero-order valence-corrected chi connectivity index (χ0v) is 12.7. The summed E-state index contributed by atoms with van der Waals surface area (Å²) in [6.45, 7) is 2.54. The first kappa shape index (κ1) is 15.2. The molecule has 0 amide bonds. The minimum atomic E-state index is -2.62. The number of fused-ring (bicyclic) bond motifs is 1. The van der Waals surface area contributed by atoms with E-state index in [2.05, 4.69) is 4.98 Å². The van der Waals surface area contributed by atoms with Crippen molar-refractivity contribution in [1.29, 1.82) is 0 Å². The number of nitrogens with zero attached hydrogens (tertiary/aromatic N) is 2. The lowest BCUT2D eigenvalue weighted by Crippen LogP contribution is -2.42. The third-order valence-corrected chi connectivity index (χ3v) is 4.52. The fraction of sp³-hybridized carbons (Fsp3) is 0.562. The Bertz CT molecular complexity index is 699. The molecule has 120 valence electrons. The molecule has 0 atom stereocenters. The van der Waals surface area contributed by atoms with Crippen molar-refractivity contribution in [1.82, 2.24) is 14.5 Å². The van der Waals surface area contributed by atoms with Crippen LogP contribution in [0.15, 0.2) is 29.1 Å². The van der Waals surface area contributed by atoms with Crippen LogP contribution in [0.1, 0.15) is 32.2 Å². The molecule has 0 spiro atoms. The highest BCUT2D eigenvalue weighted by atomic mass is 19.3. The van der Waals surface area contributed by atoms with Crippen molar-refractivity contribution in [2.24, 2.45) is 0 Å². The molecular formula is C16H21F2N3O. The van der Waals surface area contributed by atoms with Gasteiger partial charge in [-0.1, -0.05) is 19.1 Å². The minimum absolute atomic E-state index is 0.0788. The Morgan fingerprint density at radius 3 is 2.64 bits per heavy atom. The molecule has 0 radical (unpaired) electrons. The molecule has 6 heteroatoms. The van der Waals surface area contributed by atoms with E-state index in [0.29, 0.717) is 13.1 Å². The number of hydrogen-bond donors (Lipinski definition) is 1. The number of likely N-dealkylation sites (tertiary alicyclic amines) is 1. The molecule has 1 saturated heterocycles. The van der Waals surface area contributed by atoms with E-state index in [1.807, 2.05) is 24.3 Å². The number of alkyl halides is 2. The number of hydrogen-bond acceptors (Lipinski definition) is 2. The van der Waals surface area contributed by atoms with Gasteiger partial charge in [0.1, 0.15) is 0 Å². The predicted octanol–water partition coefficient (Wildman–Crippen LogP) is 3.01. The first-order valence-electron chi connectivity index (χ1n) is 7.79. The van der Waals surface area contributed by atoms with Crippen molar-refractivity contribution < 1.29 is 8.78 Å². The third-order valence-electron chi connectivity index (χ3n) is 4.52. The second-order valence-corrected chi connectivity index (χ2v) is 6.03. The molecule has 1 aromatic heterocycles. The Morgan fingerprint density at radius 2 is 1.95 bits per heavy atom. The Morgan fingerprint density at radius 1 is 1.27 bits per heavy atom. The highest BCUT2D eigenvalue weighted by Gasteiger charge is 2.32. The van der Waals surface area contributed by atoms with Crippen LogP contribution in [-0.2, 0) is 0 Å². The lowest BCUT2D eigenvalue weighted by atomic mass is 10.0. The quantitative estimate of drug-likeness (QED) is 0.943. The SMILES string of the molecule is CCC(F)(F)CN1CCC(n2c(=O)[nH]c3ccccc32)CC1. The molecule has 1 N–H and O–H groups in total. The van der Waals surface area contributed by atoms with Gasteiger partial charge >= 0.3 is 5.69 Å². The lowest BCUT2D eigenvalue weighted by Gasteiger charge is -2.34. The summed E-state index contributed by atoms with van der Waals surface area (Å²) in [4.78, 5) is 16.8. The summed E-state index contributed by atoms with van der Waals surface area (Å²) in [6.07, 6.45) is 1.32. The highest BCUT2D eigenvalue weighted by molar-refractivity contribution is 5.75. The van der Waals surface area contributed by atoms with Crippen LogP contribution < -0.4 is 5.69 Å². The summed E-state index contributed by atoms with van der Waals surface area (Å²) in [5.74, 6) is -2.62. The van der Waals surface area contributed by atoms with Crippen molar-refractivity contribution in [3.8, 4) is 0 Å². The number of aromatic nitrogens is 2. The maximum atomic E-state index is 13.5. The predicted molar refractivity (Wildman–Crippen MR) is 82.5 cm³/mol. The van der Waals surface area contributed by atoms with Gasteiger partial charge in [0.05, 0.1) is 17.6 Å². The van der Waals surface area contributed by atoms with Gasteiger partial charge in [-0.25, -0.2) is 13.6 Å². The molecule has 1 aliphatic heterocycles. The van der Waals surface area contributed by atoms with Gasteiger partial charge in [-0.3, -0.25) is 9.47 Å². The average molecular weight is 309 g/mol. The van der Waals surface area contributed by atoms with Crippen molar-refractivity contribution in [2.45, 2.75) is 38.2 Å². The first-order valence-corrected chi connectivity index (χ1v) is 7.79. The fourth-order valence-corrected chi connectivity index (χ4v) is 3.21. The zero-order valence-electron chi connectivity index (χ0n) is 12.7. The summed E-state index contributed by atoms with van der Waals surface area (Å²) in [5, 5.41) is 0. The third kappa shape index (κ3) is 2.92. The van der Waals surface area contributed by atoms with E-state index in [0.717, 1.165) is 23.9 Å². The lowest BCUT2D eigenvalue weighted by molar-refractivity contribution is -0.0412. The van der Waals surface area contributed by atoms with Crippen LogP contribution in [0, 0.1) is 0 Å². The molecule has 3 rings (SSSR count). The van der Waals surface area contributed by atoms with Gasteiger partial charge in [-0.05, 0) is 25.0 Å². The van der Waals surface area contributed by atoms with Gasteiger partial charge in [0.25, 0.3) is 5.92 Å². The minimum Gasteiger partial charge on any atom is -0.306 e. The van der Waals surface area contributed by atoms with Gasteiger partial charge in [0.2, 0.25) is 0 Å². The number of para-hydroxylation sites is 2. The monoisotopic (exact) mass is 309 g/mol. The molecule has 2 heterocycles. The van der Waals surface area contributed by atoms with Gasteiger partial charge < -0.3 is 4.98 Å². The van der Waals surface area contributed by atoms with Crippen LogP contribution in [0.3, 0.4) is 0 Å². The molecule has 0 unspecified atom stereocenters. The number of benzene rings is 1. The smallest absolute Gasteiger partial charge is 0.306 e. The van der Waals surface area contributed by atoms with Crippen molar-refractivity contribution in [3.63, 3.8) is 0 Å². The van der Waals surface area contributed by atoms with Gasteiger partial charge in [-0.15, -0.1) is 0 Å². The fourth-order valence-electron chi connectivity index (χ4n) is 3.21. The molecule has 1 aromatic carbocycles. The molecular weight excluding hydrogens is 288 g/mol. The molecule has 22 heavy (non-hydrogen) atoms. The van der Waals surface area contributed by atoms with Crippen molar-refractivity contribution in [3.05, 3.63) is 34.7 Å². The van der Waals surface area contributed by atoms with E-state index >= 15 is 0 Å². The molecule has 1 fully saturated rings. The molecule has 1 aliphatic rings. The van der Waals surface area contributed by atoms with Crippen LogP contribution in [0.4, 0.5) is 8.78 Å². The van der Waals surface area contributed by atoms with Crippen molar-refractivity contribution >= 4 is 11.0 Å². The maximum absolute atomic E-state index is 13.5. The van der Waals surface area contributed by atoms with E-state index in [1.54, 1.807) is 9.47 Å². The van der Waals surface area contributed by atoms with Crippen molar-refractivity contribution in [2.75, 3.05) is 19.6 Å². The molecule has 0 bridgehead atoms. The normalized spacial score (nSPS) is 18.1. The van der Waals surface area contributed by atoms with E-state index in [9.17, 15) is 13.6 Å². The van der Waals surface area contributed by atoms with Crippen LogP contribution in [0.2, 0.25) is 0 Å². The summed E-state index contributed by atoms with van der Waals surface area (Å²) in [5.41, 5.74) is 1.61. The number of aromatic amines is 1. The van der Waals surface area contributed by atoms with E-state index in [-0.39, 0.29) is 24.7 Å². The van der Waals surface area contributed by atoms with E-state index < -0.39 is 5.92 Å². The molecule has 2 aromatic rings. The van der Waals surface area contributed by atoms with E-state index in [1.165, 1.54) is 6.92 Å². The highest BCUT2D eigenvalue weighted by Crippen LogP contribution is 2.27. The maximum Gasteiger partial charge on any atom is 0.326 e. The Labute approximate surface area is 127 Å². The van der Waals surface area contributed by atoms with Gasteiger partial charge in [0, 0.05) is 25.6 Å². The number of piperidine rings is 1. The second kappa shape index (κ2) is 5.83. The number of nitrogens with one attached hydrogen (secondary N) is 1. The topological polar surface area (TPSA) is 41.0 Å². The largest absolute Gasteiger partial charge is 0.326 e. The van der Waals surface area contributed by atoms with E-state index in [4.69, 9.17) is 0 Å². The second-order valence-electron chi connectivity index (χ2n) is 6.03. The van der Waals surface area contributed by atoms with Crippen LogP contribution in [0.5, 0.6) is 0 Å². The molecule has 4 nitrogen and oxygen atoms in total. The summed E-state index contributed by atoms with van der Waals surface area (Å²) in [6, 6.07) is 7.67. The zero-order chi connectivity index (χ0) is 15.7. The summed E-state index contributed by atoms with van der Waals surface area (Å²) < 4.78 is 28.7. The Balaban J connectivity index is 1.73. The number of H-pyrrole nitrogens is 1. The standard InChI is InChI=1S/C16H21F2N3O/c1-2-16(17,18)11-20-9-7-12(8-10-20)21-14-6-4-3-5-13(14)19-15(21)22/h3-6,12H,2,7-11H2,1H3,(H,19,22). The molecule has 0 saturated carbocycles. The number of halogens is 2. The van der Waals surface area contributed by atoms with Crippen LogP contribution in [0.25, 0.3) is 11.0 Å². The van der Waals surface area contributed by atoms with Crippen LogP contribution >= 0.6 is 0 Å². The first-order chi connectivity index (χ1) is 10.5. The number of imidazole rings is 1. The Hall–Kier alpha value is -1.69. The average Bonchev–Trinajstić information content (AvgIpc) is 2.84. The van der Waals surface area contributed by atoms with Crippen LogP contribution in [-0.4, -0.2) is 40.0 Å². The summed E-state index contributed by atoms with van der Waals surface area (Å²) in [7, 11) is 0.